The number of hydrogen-bond acceptors (Lipinski definition) is 1. The molecular weight excluding hydrogens is 364 g/mol. The van der Waals surface area contributed by atoms with Gasteiger partial charge in [0.15, 0.2) is 0 Å². The first kappa shape index (κ1) is 15.0. The van der Waals surface area contributed by atoms with Gasteiger partial charge in [-0.05, 0) is 41.0 Å². The van der Waals surface area contributed by atoms with Gasteiger partial charge in [0.05, 0.1) is 4.83 Å². The Morgan fingerprint density at radius 1 is 0.905 bits per heavy atom. The molecule has 0 aliphatic rings. The van der Waals surface area contributed by atoms with Crippen LogP contribution in [0.4, 0.5) is 0 Å². The topological polar surface area (TPSA) is 0 Å². The van der Waals surface area contributed by atoms with Crippen molar-refractivity contribution in [1.29, 1.82) is 0 Å². The van der Waals surface area contributed by atoms with E-state index in [-0.39, 0.29) is 4.83 Å². The summed E-state index contributed by atoms with van der Waals surface area (Å²) >= 11 is 11.9. The Bertz CT molecular complexity index is 768. The lowest BCUT2D eigenvalue weighted by atomic mass is 9.98. The van der Waals surface area contributed by atoms with Crippen LogP contribution in [0.3, 0.4) is 0 Å². The summed E-state index contributed by atoms with van der Waals surface area (Å²) in [6.07, 6.45) is 2.09. The zero-order valence-corrected chi connectivity index (χ0v) is 14.7. The maximum Gasteiger partial charge on any atom is 0.0650 e. The minimum Gasteiger partial charge on any atom is -0.130 e. The van der Waals surface area contributed by atoms with Crippen LogP contribution < -0.4 is 0 Å². The van der Waals surface area contributed by atoms with Gasteiger partial charge in [-0.25, -0.2) is 0 Å². The van der Waals surface area contributed by atoms with Gasteiger partial charge in [-0.2, -0.15) is 0 Å². The van der Waals surface area contributed by atoms with Crippen LogP contribution in [0, 0.1) is 0 Å². The smallest absolute Gasteiger partial charge is 0.0650 e. The molecule has 0 saturated heterocycles. The average Bonchev–Trinajstić information content (AvgIpc) is 2.55. The predicted molar refractivity (Wildman–Crippen MR) is 98.0 cm³/mol. The van der Waals surface area contributed by atoms with Gasteiger partial charge in [0.25, 0.3) is 0 Å². The van der Waals surface area contributed by atoms with Crippen molar-refractivity contribution in [3.8, 4) is 0 Å². The summed E-state index contributed by atoms with van der Waals surface area (Å²) in [5.74, 6) is 0. The van der Waals surface area contributed by atoms with Crippen molar-refractivity contribution >= 4 is 50.1 Å². The normalized spacial score (nSPS) is 12.5. The molecule has 0 aliphatic heterocycles. The number of fused-ring (bicyclic) bond motifs is 1. The Hall–Kier alpha value is -0.960. The largest absolute Gasteiger partial charge is 0.130 e. The zero-order valence-electron chi connectivity index (χ0n) is 11.5. The van der Waals surface area contributed by atoms with E-state index in [4.69, 9.17) is 11.6 Å². The lowest BCUT2D eigenvalue weighted by molar-refractivity contribution is 1.18. The molecule has 3 aromatic rings. The van der Waals surface area contributed by atoms with Crippen molar-refractivity contribution in [2.24, 2.45) is 0 Å². The van der Waals surface area contributed by atoms with Crippen LogP contribution in [0.15, 0.2) is 65.6 Å². The number of hydrogen-bond donors (Lipinski definition) is 0. The first-order valence-corrected chi connectivity index (χ1v) is 9.17. The fourth-order valence-electron chi connectivity index (χ4n) is 2.46. The minimum atomic E-state index is 0.163. The number of alkyl halides is 1. The van der Waals surface area contributed by atoms with Gasteiger partial charge in [-0.1, -0.05) is 70.0 Å². The van der Waals surface area contributed by atoms with Crippen molar-refractivity contribution < 1.29 is 0 Å². The number of benzene rings is 3. The van der Waals surface area contributed by atoms with Crippen molar-refractivity contribution in [3.05, 3.63) is 76.8 Å². The lowest BCUT2D eigenvalue weighted by Gasteiger charge is -2.15. The van der Waals surface area contributed by atoms with Crippen molar-refractivity contribution in [3.63, 3.8) is 0 Å². The predicted octanol–water partition coefficient (Wildman–Crippen LogP) is 6.70. The Labute approximate surface area is 142 Å². The molecule has 0 bridgehead atoms. The summed E-state index contributed by atoms with van der Waals surface area (Å²) < 4.78 is 0. The molecular formula is C18H14BrClS. The third-order valence-electron chi connectivity index (χ3n) is 3.59. The molecule has 0 amide bonds. The standard InChI is InChI=1S/C18H14BrClS/c1-21-13-8-6-12(7-9-13)18(19)16-10-11-17(20)15-5-3-2-4-14(15)16/h2-11,18H,1H3. The van der Waals surface area contributed by atoms with Crippen LogP contribution in [0.1, 0.15) is 16.0 Å². The summed E-state index contributed by atoms with van der Waals surface area (Å²) in [5, 5.41) is 3.09. The molecule has 106 valence electrons. The first-order chi connectivity index (χ1) is 10.2. The van der Waals surface area contributed by atoms with E-state index in [1.807, 2.05) is 12.1 Å². The highest BCUT2D eigenvalue weighted by molar-refractivity contribution is 9.09. The molecule has 0 radical (unpaired) electrons. The average molecular weight is 378 g/mol. The van der Waals surface area contributed by atoms with Gasteiger partial charge in [0.2, 0.25) is 0 Å². The van der Waals surface area contributed by atoms with E-state index in [1.54, 1.807) is 11.8 Å². The molecule has 0 heterocycles. The van der Waals surface area contributed by atoms with E-state index >= 15 is 0 Å². The molecule has 0 saturated carbocycles. The third kappa shape index (κ3) is 2.98. The third-order valence-corrected chi connectivity index (χ3v) is 5.68. The lowest BCUT2D eigenvalue weighted by Crippen LogP contribution is -1.94. The Kier molecular flexibility index (Phi) is 4.58. The summed E-state index contributed by atoms with van der Waals surface area (Å²) in [6.45, 7) is 0. The summed E-state index contributed by atoms with van der Waals surface area (Å²) in [5.41, 5.74) is 2.49. The fraction of sp³-hybridized carbons (Fsp3) is 0.111. The molecule has 1 atom stereocenters. The molecule has 21 heavy (non-hydrogen) atoms. The summed E-state index contributed by atoms with van der Waals surface area (Å²) in [4.78, 5) is 1.44. The Balaban J connectivity index is 2.08. The first-order valence-electron chi connectivity index (χ1n) is 6.66. The van der Waals surface area contributed by atoms with E-state index in [2.05, 4.69) is 70.7 Å². The Morgan fingerprint density at radius 2 is 1.57 bits per heavy atom. The van der Waals surface area contributed by atoms with E-state index in [0.29, 0.717) is 0 Å². The second-order valence-electron chi connectivity index (χ2n) is 4.82. The maximum absolute atomic E-state index is 6.30. The van der Waals surface area contributed by atoms with Crippen LogP contribution in [-0.2, 0) is 0 Å². The zero-order chi connectivity index (χ0) is 14.8. The highest BCUT2D eigenvalue weighted by atomic mass is 79.9. The molecule has 0 aromatic heterocycles. The van der Waals surface area contributed by atoms with Crippen LogP contribution in [0.25, 0.3) is 10.8 Å². The number of rotatable bonds is 3. The van der Waals surface area contributed by atoms with Gasteiger partial charge in [-0.15, -0.1) is 11.8 Å². The highest BCUT2D eigenvalue weighted by Crippen LogP contribution is 2.37. The Morgan fingerprint density at radius 3 is 2.24 bits per heavy atom. The van der Waals surface area contributed by atoms with Gasteiger partial charge < -0.3 is 0 Å². The SMILES string of the molecule is CSc1ccc(C(Br)c2ccc(Cl)c3ccccc23)cc1. The number of halogens is 2. The maximum atomic E-state index is 6.30. The van der Waals surface area contributed by atoms with Crippen LogP contribution in [0.5, 0.6) is 0 Å². The van der Waals surface area contributed by atoms with Crippen molar-refractivity contribution in [2.45, 2.75) is 9.72 Å². The molecule has 0 nitrogen and oxygen atoms in total. The van der Waals surface area contributed by atoms with Gasteiger partial charge in [0, 0.05) is 15.3 Å². The minimum absolute atomic E-state index is 0.163. The quantitative estimate of drug-likeness (QED) is 0.361. The molecule has 3 heteroatoms. The second kappa shape index (κ2) is 6.43. The van der Waals surface area contributed by atoms with Crippen LogP contribution in [0.2, 0.25) is 5.02 Å². The van der Waals surface area contributed by atoms with Crippen molar-refractivity contribution in [2.75, 3.05) is 6.26 Å². The van der Waals surface area contributed by atoms with E-state index in [0.717, 1.165) is 10.4 Å². The van der Waals surface area contributed by atoms with Gasteiger partial charge in [-0.3, -0.25) is 0 Å². The van der Waals surface area contributed by atoms with Crippen LogP contribution in [-0.4, -0.2) is 6.26 Å². The molecule has 0 N–H and O–H groups in total. The fourth-order valence-corrected chi connectivity index (χ4v) is 3.80. The van der Waals surface area contributed by atoms with Gasteiger partial charge in [0.1, 0.15) is 0 Å². The monoisotopic (exact) mass is 376 g/mol. The van der Waals surface area contributed by atoms with E-state index in [9.17, 15) is 0 Å². The van der Waals surface area contributed by atoms with E-state index < -0.39 is 0 Å². The molecule has 0 aliphatic carbocycles. The second-order valence-corrected chi connectivity index (χ2v) is 7.02. The molecule has 3 aromatic carbocycles. The van der Waals surface area contributed by atoms with Crippen molar-refractivity contribution in [1.82, 2.24) is 0 Å². The van der Waals surface area contributed by atoms with E-state index in [1.165, 1.54) is 21.4 Å². The van der Waals surface area contributed by atoms with Crippen LogP contribution >= 0.6 is 39.3 Å². The molecule has 0 fully saturated rings. The molecule has 0 spiro atoms. The highest BCUT2D eigenvalue weighted by Gasteiger charge is 2.14. The molecule has 3 rings (SSSR count). The van der Waals surface area contributed by atoms with Gasteiger partial charge >= 0.3 is 0 Å². The summed E-state index contributed by atoms with van der Waals surface area (Å²) in [6, 6.07) is 21.0. The summed E-state index contributed by atoms with van der Waals surface area (Å²) in [7, 11) is 0. The molecule has 1 unspecified atom stereocenters. The number of thioether (sulfide) groups is 1.